The van der Waals surface area contributed by atoms with Gasteiger partial charge in [-0.3, -0.25) is 9.59 Å². The fraction of sp³-hybridized carbons (Fsp3) is 0.667. The van der Waals surface area contributed by atoms with Crippen LogP contribution in [0.4, 0.5) is 0 Å². The third kappa shape index (κ3) is 4.66. The SMILES string of the molecule is CC(=O)NC(CCS)C(N)=O. The molecule has 0 saturated heterocycles. The summed E-state index contributed by atoms with van der Waals surface area (Å²) in [6.07, 6.45) is 0.470. The van der Waals surface area contributed by atoms with Crippen molar-refractivity contribution in [1.29, 1.82) is 0 Å². The lowest BCUT2D eigenvalue weighted by atomic mass is 10.2. The molecular weight excluding hydrogens is 164 g/mol. The highest BCUT2D eigenvalue weighted by molar-refractivity contribution is 7.80. The van der Waals surface area contributed by atoms with E-state index in [4.69, 9.17) is 5.73 Å². The molecule has 4 nitrogen and oxygen atoms in total. The minimum Gasteiger partial charge on any atom is -0.368 e. The molecule has 0 spiro atoms. The molecule has 0 aliphatic carbocycles. The van der Waals surface area contributed by atoms with Gasteiger partial charge < -0.3 is 11.1 Å². The van der Waals surface area contributed by atoms with Gasteiger partial charge in [-0.05, 0) is 12.2 Å². The van der Waals surface area contributed by atoms with Crippen molar-refractivity contribution in [3.63, 3.8) is 0 Å². The summed E-state index contributed by atoms with van der Waals surface area (Å²) in [6, 6.07) is -0.579. The van der Waals surface area contributed by atoms with Crippen molar-refractivity contribution >= 4 is 24.4 Å². The van der Waals surface area contributed by atoms with E-state index >= 15 is 0 Å². The summed E-state index contributed by atoms with van der Waals surface area (Å²) in [6.45, 7) is 1.34. The van der Waals surface area contributed by atoms with Crippen LogP contribution in [0.25, 0.3) is 0 Å². The summed E-state index contributed by atoms with van der Waals surface area (Å²) in [5, 5.41) is 2.42. The van der Waals surface area contributed by atoms with Crippen molar-refractivity contribution in [1.82, 2.24) is 5.32 Å². The average Bonchev–Trinajstić information content (AvgIpc) is 1.86. The third-order valence-electron chi connectivity index (χ3n) is 1.14. The zero-order chi connectivity index (χ0) is 8.85. The maximum absolute atomic E-state index is 10.6. The molecular formula is C6H12N2O2S. The first kappa shape index (κ1) is 10.3. The molecule has 0 bridgehead atoms. The first-order valence-corrected chi connectivity index (χ1v) is 3.88. The van der Waals surface area contributed by atoms with Crippen LogP contribution in [0, 0.1) is 0 Å². The van der Waals surface area contributed by atoms with Gasteiger partial charge in [0.05, 0.1) is 0 Å². The second kappa shape index (κ2) is 5.01. The molecule has 3 N–H and O–H groups in total. The molecule has 64 valence electrons. The van der Waals surface area contributed by atoms with Crippen LogP contribution in [0.3, 0.4) is 0 Å². The standard InChI is InChI=1S/C6H12N2O2S/c1-4(9)8-5(2-3-11)6(7)10/h5,11H,2-3H2,1H3,(H2,7,10)(H,8,9). The van der Waals surface area contributed by atoms with E-state index in [0.717, 1.165) is 0 Å². The molecule has 0 fully saturated rings. The molecule has 0 aliphatic heterocycles. The minimum atomic E-state index is -0.579. The summed E-state index contributed by atoms with van der Waals surface area (Å²) in [5.41, 5.74) is 4.98. The first-order chi connectivity index (χ1) is 5.07. The molecule has 0 rings (SSSR count). The molecule has 0 radical (unpaired) electrons. The third-order valence-corrected chi connectivity index (χ3v) is 1.40. The first-order valence-electron chi connectivity index (χ1n) is 3.25. The van der Waals surface area contributed by atoms with Crippen LogP contribution in [0.2, 0.25) is 0 Å². The molecule has 0 heterocycles. The van der Waals surface area contributed by atoms with Crippen LogP contribution in [0.5, 0.6) is 0 Å². The Kier molecular flexibility index (Phi) is 4.69. The lowest BCUT2D eigenvalue weighted by Crippen LogP contribution is -2.43. The predicted molar refractivity (Wildman–Crippen MR) is 45.3 cm³/mol. The largest absolute Gasteiger partial charge is 0.368 e. The van der Waals surface area contributed by atoms with Gasteiger partial charge >= 0.3 is 0 Å². The summed E-state index contributed by atoms with van der Waals surface area (Å²) in [5.74, 6) is -0.252. The molecule has 0 aromatic heterocycles. The average molecular weight is 176 g/mol. The molecule has 2 amide bonds. The number of carbonyl (C=O) groups is 2. The van der Waals surface area contributed by atoms with Gasteiger partial charge in [0.1, 0.15) is 6.04 Å². The van der Waals surface area contributed by atoms with Crippen LogP contribution < -0.4 is 11.1 Å². The van der Waals surface area contributed by atoms with Gasteiger partial charge in [0.2, 0.25) is 11.8 Å². The van der Waals surface area contributed by atoms with Gasteiger partial charge in [0.15, 0.2) is 0 Å². The molecule has 0 aromatic rings. The number of rotatable bonds is 4. The number of thiol groups is 1. The molecule has 0 aromatic carbocycles. The van der Waals surface area contributed by atoms with Crippen LogP contribution in [0.1, 0.15) is 13.3 Å². The van der Waals surface area contributed by atoms with Gasteiger partial charge in [0, 0.05) is 6.92 Å². The summed E-state index contributed by atoms with van der Waals surface area (Å²) < 4.78 is 0. The molecule has 1 unspecified atom stereocenters. The van der Waals surface area contributed by atoms with Gasteiger partial charge in [-0.1, -0.05) is 0 Å². The zero-order valence-corrected chi connectivity index (χ0v) is 7.23. The van der Waals surface area contributed by atoms with Crippen molar-refractivity contribution in [3.8, 4) is 0 Å². The predicted octanol–water partition coefficient (Wildman–Crippen LogP) is -0.704. The molecule has 5 heteroatoms. The van der Waals surface area contributed by atoms with E-state index in [0.29, 0.717) is 12.2 Å². The monoisotopic (exact) mass is 176 g/mol. The Morgan fingerprint density at radius 1 is 1.64 bits per heavy atom. The van der Waals surface area contributed by atoms with E-state index in [2.05, 4.69) is 17.9 Å². The number of hydrogen-bond acceptors (Lipinski definition) is 3. The number of hydrogen-bond donors (Lipinski definition) is 3. The van der Waals surface area contributed by atoms with Crippen LogP contribution >= 0.6 is 12.6 Å². The van der Waals surface area contributed by atoms with Crippen LogP contribution in [-0.2, 0) is 9.59 Å². The molecule has 0 saturated carbocycles. The summed E-state index contributed by atoms with van der Waals surface area (Å²) in [4.78, 5) is 21.1. The Bertz CT molecular complexity index is 161. The Morgan fingerprint density at radius 3 is 2.45 bits per heavy atom. The zero-order valence-electron chi connectivity index (χ0n) is 6.33. The highest BCUT2D eigenvalue weighted by atomic mass is 32.1. The van der Waals surface area contributed by atoms with Crippen molar-refractivity contribution in [2.45, 2.75) is 19.4 Å². The number of nitrogens with two attached hydrogens (primary N) is 1. The highest BCUT2D eigenvalue weighted by Crippen LogP contribution is 1.92. The van der Waals surface area contributed by atoms with Crippen molar-refractivity contribution < 1.29 is 9.59 Å². The van der Waals surface area contributed by atoms with Crippen molar-refractivity contribution in [3.05, 3.63) is 0 Å². The molecule has 1 atom stereocenters. The maximum Gasteiger partial charge on any atom is 0.240 e. The van der Waals surface area contributed by atoms with Crippen LogP contribution in [0.15, 0.2) is 0 Å². The van der Waals surface area contributed by atoms with E-state index < -0.39 is 11.9 Å². The summed E-state index contributed by atoms with van der Waals surface area (Å²) in [7, 11) is 0. The number of primary amides is 1. The molecule has 11 heavy (non-hydrogen) atoms. The van der Waals surface area contributed by atoms with Gasteiger partial charge in [-0.25, -0.2) is 0 Å². The van der Waals surface area contributed by atoms with E-state index in [1.807, 2.05) is 0 Å². The maximum atomic E-state index is 10.6. The Morgan fingerprint density at radius 2 is 2.18 bits per heavy atom. The van der Waals surface area contributed by atoms with Gasteiger partial charge in [-0.15, -0.1) is 0 Å². The lowest BCUT2D eigenvalue weighted by molar-refractivity contribution is -0.126. The topological polar surface area (TPSA) is 72.2 Å². The fourth-order valence-electron chi connectivity index (χ4n) is 0.660. The number of nitrogens with one attached hydrogen (secondary N) is 1. The van der Waals surface area contributed by atoms with Crippen molar-refractivity contribution in [2.75, 3.05) is 5.75 Å². The van der Waals surface area contributed by atoms with Gasteiger partial charge in [-0.2, -0.15) is 12.6 Å². The molecule has 0 aliphatic rings. The van der Waals surface area contributed by atoms with E-state index in [1.54, 1.807) is 0 Å². The van der Waals surface area contributed by atoms with E-state index in [9.17, 15) is 9.59 Å². The normalized spacial score (nSPS) is 12.2. The number of amides is 2. The van der Waals surface area contributed by atoms with Crippen LogP contribution in [-0.4, -0.2) is 23.6 Å². The Labute approximate surface area is 70.9 Å². The fourth-order valence-corrected chi connectivity index (χ4v) is 0.918. The quantitative estimate of drug-likeness (QED) is 0.495. The number of carbonyl (C=O) groups excluding carboxylic acids is 2. The summed E-state index contributed by atoms with van der Waals surface area (Å²) >= 11 is 3.92. The minimum absolute atomic E-state index is 0.254. The highest BCUT2D eigenvalue weighted by Gasteiger charge is 2.14. The van der Waals surface area contributed by atoms with E-state index in [1.165, 1.54) is 6.92 Å². The Balaban J connectivity index is 3.89. The smallest absolute Gasteiger partial charge is 0.240 e. The van der Waals surface area contributed by atoms with Crippen molar-refractivity contribution in [2.24, 2.45) is 5.73 Å². The van der Waals surface area contributed by atoms with Gasteiger partial charge in [0.25, 0.3) is 0 Å². The lowest BCUT2D eigenvalue weighted by Gasteiger charge is -2.11. The van der Waals surface area contributed by atoms with E-state index in [-0.39, 0.29) is 5.91 Å². The second-order valence-corrected chi connectivity index (χ2v) is 2.61. The Hall–Kier alpha value is -0.710. The second-order valence-electron chi connectivity index (χ2n) is 2.17.